The van der Waals surface area contributed by atoms with Crippen LogP contribution in [0.15, 0.2) is 30.3 Å². The third kappa shape index (κ3) is 6.59. The first kappa shape index (κ1) is 22.9. The normalized spacial score (nSPS) is 19.1. The van der Waals surface area contributed by atoms with Gasteiger partial charge in [0.2, 0.25) is 0 Å². The summed E-state index contributed by atoms with van der Waals surface area (Å²) in [6, 6.07) is 6.79. The van der Waals surface area contributed by atoms with E-state index in [0.717, 1.165) is 5.56 Å². The van der Waals surface area contributed by atoms with Gasteiger partial charge in [-0.25, -0.2) is 13.2 Å². The van der Waals surface area contributed by atoms with Gasteiger partial charge in [0.05, 0.1) is 18.1 Å². The summed E-state index contributed by atoms with van der Waals surface area (Å²) in [7, 11) is -3.12. The van der Waals surface area contributed by atoms with E-state index in [1.54, 1.807) is 17.0 Å². The number of rotatable bonds is 9. The van der Waals surface area contributed by atoms with Crippen LogP contribution in [0.1, 0.15) is 39.2 Å². The topological polar surface area (TPSA) is 90.0 Å². The van der Waals surface area contributed by atoms with Crippen LogP contribution in [0.4, 0.5) is 0 Å². The van der Waals surface area contributed by atoms with Gasteiger partial charge in [0.25, 0.3) is 5.91 Å². The van der Waals surface area contributed by atoms with Crippen molar-refractivity contribution in [1.82, 2.24) is 4.90 Å². The van der Waals surface area contributed by atoms with Gasteiger partial charge in [0.1, 0.15) is 5.75 Å². The largest absolute Gasteiger partial charge is 0.493 e. The Labute approximate surface area is 172 Å². The number of hydrogen-bond acceptors (Lipinski definition) is 6. The van der Waals surface area contributed by atoms with Crippen LogP contribution in [0.25, 0.3) is 6.08 Å². The third-order valence-electron chi connectivity index (χ3n) is 4.91. The predicted molar refractivity (Wildman–Crippen MR) is 111 cm³/mol. The molecular weight excluding hydrogens is 394 g/mol. The van der Waals surface area contributed by atoms with Gasteiger partial charge in [0.15, 0.2) is 16.4 Å². The molecule has 0 N–H and O–H groups in total. The number of benzene rings is 1. The van der Waals surface area contributed by atoms with Crippen molar-refractivity contribution in [3.05, 3.63) is 35.9 Å². The van der Waals surface area contributed by atoms with Crippen LogP contribution in [0, 0.1) is 0 Å². The van der Waals surface area contributed by atoms with Crippen LogP contribution < -0.4 is 4.74 Å². The van der Waals surface area contributed by atoms with E-state index in [4.69, 9.17) is 9.47 Å². The first-order chi connectivity index (χ1) is 13.8. The summed E-state index contributed by atoms with van der Waals surface area (Å²) in [5, 5.41) is 0. The molecule has 0 aliphatic carbocycles. The molecule has 0 radical (unpaired) electrons. The minimum absolute atomic E-state index is 0.0366. The Hall–Kier alpha value is -2.35. The third-order valence-corrected chi connectivity index (χ3v) is 6.66. The lowest BCUT2D eigenvalue weighted by molar-refractivity contribution is -0.150. The summed E-state index contributed by atoms with van der Waals surface area (Å²) in [5.41, 5.74) is 0.732. The van der Waals surface area contributed by atoms with Crippen LogP contribution >= 0.6 is 0 Å². The van der Waals surface area contributed by atoms with Gasteiger partial charge in [-0.1, -0.05) is 25.1 Å². The number of esters is 1. The number of carbonyl (C=O) groups excluding carboxylic acids is 2. The maximum absolute atomic E-state index is 12.7. The van der Waals surface area contributed by atoms with Crippen molar-refractivity contribution in [2.24, 2.45) is 0 Å². The monoisotopic (exact) mass is 423 g/mol. The van der Waals surface area contributed by atoms with E-state index < -0.39 is 22.4 Å². The van der Waals surface area contributed by atoms with E-state index in [0.29, 0.717) is 25.2 Å². The Bertz CT molecular complexity index is 848. The summed E-state index contributed by atoms with van der Waals surface area (Å²) >= 11 is 0. The Morgan fingerprint density at radius 1 is 1.28 bits per heavy atom. The van der Waals surface area contributed by atoms with Crippen LogP contribution in [0.2, 0.25) is 0 Å². The number of ether oxygens (including phenoxy) is 2. The Balaban J connectivity index is 1.98. The van der Waals surface area contributed by atoms with Crippen molar-refractivity contribution in [1.29, 1.82) is 0 Å². The molecular formula is C21H29NO6S. The molecule has 1 aromatic rings. The molecule has 1 aromatic carbocycles. The molecule has 7 nitrogen and oxygen atoms in total. The Kier molecular flexibility index (Phi) is 8.25. The van der Waals surface area contributed by atoms with Gasteiger partial charge < -0.3 is 14.4 Å². The second kappa shape index (κ2) is 10.4. The smallest absolute Gasteiger partial charge is 0.331 e. The van der Waals surface area contributed by atoms with Crippen molar-refractivity contribution in [3.8, 4) is 5.75 Å². The number of sulfone groups is 1. The van der Waals surface area contributed by atoms with Gasteiger partial charge in [0, 0.05) is 23.7 Å². The first-order valence-corrected chi connectivity index (χ1v) is 11.7. The van der Waals surface area contributed by atoms with E-state index in [9.17, 15) is 18.0 Å². The van der Waals surface area contributed by atoms with Crippen LogP contribution in [-0.4, -0.2) is 62.0 Å². The van der Waals surface area contributed by atoms with Gasteiger partial charge in [-0.05, 0) is 38.8 Å². The molecule has 0 spiro atoms. The molecule has 29 heavy (non-hydrogen) atoms. The molecule has 2 rings (SSSR count). The minimum Gasteiger partial charge on any atom is -0.493 e. The molecule has 8 heteroatoms. The fraction of sp³-hybridized carbons (Fsp3) is 0.524. The lowest BCUT2D eigenvalue weighted by atomic mass is 10.1. The predicted octanol–water partition coefficient (Wildman–Crippen LogP) is 2.46. The molecule has 1 aliphatic heterocycles. The van der Waals surface area contributed by atoms with E-state index >= 15 is 0 Å². The average Bonchev–Trinajstić information content (AvgIpc) is 3.05. The lowest BCUT2D eigenvalue weighted by Crippen LogP contribution is -2.48. The highest BCUT2D eigenvalue weighted by atomic mass is 32.2. The van der Waals surface area contributed by atoms with Crippen molar-refractivity contribution < 1.29 is 27.5 Å². The second-order valence-electron chi connectivity index (χ2n) is 7.03. The number of nitrogens with zero attached hydrogens (tertiary/aromatic N) is 1. The zero-order valence-corrected chi connectivity index (χ0v) is 18.0. The lowest BCUT2D eigenvalue weighted by Gasteiger charge is -2.33. The van der Waals surface area contributed by atoms with E-state index in [1.807, 2.05) is 39.0 Å². The quantitative estimate of drug-likeness (QED) is 0.448. The van der Waals surface area contributed by atoms with E-state index in [-0.39, 0.29) is 29.5 Å². The zero-order chi connectivity index (χ0) is 21.4. The van der Waals surface area contributed by atoms with Crippen molar-refractivity contribution in [2.75, 3.05) is 24.7 Å². The number of hydrogen-bond donors (Lipinski definition) is 0. The maximum atomic E-state index is 12.7. The molecule has 0 saturated carbocycles. The Morgan fingerprint density at radius 2 is 2.00 bits per heavy atom. The summed E-state index contributed by atoms with van der Waals surface area (Å²) in [6.07, 6.45) is 3.93. The summed E-state index contributed by atoms with van der Waals surface area (Å²) < 4.78 is 34.2. The molecule has 0 aromatic heterocycles. The van der Waals surface area contributed by atoms with Gasteiger partial charge in [-0.15, -0.1) is 0 Å². The van der Waals surface area contributed by atoms with Gasteiger partial charge in [-0.3, -0.25) is 4.79 Å². The van der Waals surface area contributed by atoms with E-state index in [2.05, 4.69) is 0 Å². The fourth-order valence-electron chi connectivity index (χ4n) is 3.32. The second-order valence-corrected chi connectivity index (χ2v) is 9.26. The maximum Gasteiger partial charge on any atom is 0.331 e. The minimum atomic E-state index is -3.12. The molecule has 1 amide bonds. The number of para-hydroxylation sites is 1. The molecule has 0 bridgehead atoms. The fourth-order valence-corrected chi connectivity index (χ4v) is 5.03. The number of carbonyl (C=O) groups is 2. The summed E-state index contributed by atoms with van der Waals surface area (Å²) in [4.78, 5) is 26.3. The van der Waals surface area contributed by atoms with Crippen LogP contribution in [-0.2, 0) is 24.2 Å². The zero-order valence-electron chi connectivity index (χ0n) is 17.2. The van der Waals surface area contributed by atoms with Crippen LogP contribution in [0.5, 0.6) is 5.75 Å². The van der Waals surface area contributed by atoms with Crippen molar-refractivity contribution in [3.63, 3.8) is 0 Å². The van der Waals surface area contributed by atoms with Gasteiger partial charge >= 0.3 is 5.97 Å². The molecule has 2 atom stereocenters. The molecule has 1 heterocycles. The highest BCUT2D eigenvalue weighted by molar-refractivity contribution is 7.91. The van der Waals surface area contributed by atoms with E-state index in [1.165, 1.54) is 6.08 Å². The SMILES string of the molecule is CCOc1ccccc1/C=C/C(=O)OCC(=O)N([C@@H]1CCS(=O)(=O)C1)[C@H](C)CC. The first-order valence-electron chi connectivity index (χ1n) is 9.85. The van der Waals surface area contributed by atoms with Crippen molar-refractivity contribution >= 4 is 27.8 Å². The molecule has 0 unspecified atom stereocenters. The highest BCUT2D eigenvalue weighted by Gasteiger charge is 2.36. The number of amides is 1. The molecule has 1 fully saturated rings. The molecule has 1 aliphatic rings. The molecule has 160 valence electrons. The van der Waals surface area contributed by atoms with Crippen LogP contribution in [0.3, 0.4) is 0 Å². The average molecular weight is 424 g/mol. The van der Waals surface area contributed by atoms with Gasteiger partial charge in [-0.2, -0.15) is 0 Å². The standard InChI is InChI=1S/C21H29NO6S/c1-4-16(3)22(18-12-13-29(25,26)15-18)20(23)14-28-21(24)11-10-17-8-6-7-9-19(17)27-5-2/h6-11,16,18H,4-5,12-15H2,1-3H3/b11-10+/t16-,18-/m1/s1. The highest BCUT2D eigenvalue weighted by Crippen LogP contribution is 2.22. The Morgan fingerprint density at radius 3 is 2.62 bits per heavy atom. The van der Waals surface area contributed by atoms with Crippen molar-refractivity contribution in [2.45, 2.75) is 45.7 Å². The summed E-state index contributed by atoms with van der Waals surface area (Å²) in [5.74, 6) is -0.323. The summed E-state index contributed by atoms with van der Waals surface area (Å²) in [6.45, 7) is 5.76. The molecule has 1 saturated heterocycles.